The van der Waals surface area contributed by atoms with Gasteiger partial charge in [0, 0.05) is 18.7 Å². The van der Waals surface area contributed by atoms with Crippen molar-refractivity contribution in [3.05, 3.63) is 63.7 Å². The summed E-state index contributed by atoms with van der Waals surface area (Å²) in [6.07, 6.45) is 2.78. The lowest BCUT2D eigenvalue weighted by Crippen LogP contribution is -2.44. The Bertz CT molecular complexity index is 1560. The smallest absolute Gasteiger partial charge is 0.300 e. The van der Waals surface area contributed by atoms with Crippen LogP contribution < -0.4 is 20.1 Å². The Kier molecular flexibility index (Phi) is 6.97. The maximum Gasteiger partial charge on any atom is 0.300 e. The highest BCUT2D eigenvalue weighted by Gasteiger charge is 2.50. The molecular weight excluding hydrogens is 512 g/mol. The second kappa shape index (κ2) is 9.76. The zero-order chi connectivity index (χ0) is 28.0. The molecule has 3 aromatic rings. The fraction of sp³-hybridized carbons (Fsp3) is 0.370. The highest BCUT2D eigenvalue weighted by molar-refractivity contribution is 7.81. The van der Waals surface area contributed by atoms with Gasteiger partial charge in [0.2, 0.25) is 5.75 Å². The number of nitrogens with zero attached hydrogens (tertiary/aromatic N) is 5. The lowest BCUT2D eigenvalue weighted by atomic mass is 10.0. The summed E-state index contributed by atoms with van der Waals surface area (Å²) in [5, 5.41) is 9.33. The molecule has 3 heterocycles. The molecular formula is C27H27F2N5O3S. The van der Waals surface area contributed by atoms with Crippen molar-refractivity contribution in [3.8, 4) is 11.8 Å². The quantitative estimate of drug-likeness (QED) is 0.393. The summed E-state index contributed by atoms with van der Waals surface area (Å²) in [5.41, 5.74) is -0.763. The topological polar surface area (TPSA) is 90.9 Å². The Morgan fingerprint density at radius 2 is 1.84 bits per heavy atom. The van der Waals surface area contributed by atoms with Crippen LogP contribution in [-0.2, 0) is 17.1 Å². The first-order valence-electron chi connectivity index (χ1n) is 12.2. The average Bonchev–Trinajstić information content (AvgIpc) is 3.05. The number of pyridine rings is 1. The Morgan fingerprint density at radius 1 is 1.16 bits per heavy atom. The number of carbonyl (C=O) groups is 1. The van der Waals surface area contributed by atoms with E-state index in [4.69, 9.17) is 17.0 Å². The molecule has 1 saturated heterocycles. The van der Waals surface area contributed by atoms with Crippen molar-refractivity contribution >= 4 is 40.3 Å². The molecule has 11 heteroatoms. The second-order valence-corrected chi connectivity index (χ2v) is 9.92. The van der Waals surface area contributed by atoms with Crippen LogP contribution in [0.3, 0.4) is 0 Å². The third-order valence-electron chi connectivity index (χ3n) is 6.40. The summed E-state index contributed by atoms with van der Waals surface area (Å²) in [5.74, 6) is -3.57. The minimum Gasteiger partial charge on any atom is -0.486 e. The predicted octanol–water partition coefficient (Wildman–Crippen LogP) is 4.95. The number of rotatable bonds is 7. The molecule has 1 amide bonds. The van der Waals surface area contributed by atoms with Gasteiger partial charge >= 0.3 is 5.56 Å². The molecule has 0 N–H and O–H groups in total. The van der Waals surface area contributed by atoms with E-state index >= 15 is 0 Å². The van der Waals surface area contributed by atoms with Crippen LogP contribution in [0.2, 0.25) is 0 Å². The Hall–Kier alpha value is -3.91. The van der Waals surface area contributed by atoms with Crippen LogP contribution in [0.4, 0.5) is 20.2 Å². The maximum absolute atomic E-state index is 14.3. The van der Waals surface area contributed by atoms with E-state index in [1.54, 1.807) is 36.9 Å². The largest absolute Gasteiger partial charge is 0.486 e. The van der Waals surface area contributed by atoms with E-state index in [0.717, 1.165) is 12.5 Å². The molecule has 0 radical (unpaired) electrons. The molecule has 0 saturated carbocycles. The summed E-state index contributed by atoms with van der Waals surface area (Å²) in [6, 6.07) is 8.89. The van der Waals surface area contributed by atoms with Gasteiger partial charge in [0.1, 0.15) is 11.2 Å². The highest BCUT2D eigenvalue weighted by Crippen LogP contribution is 2.39. The molecule has 4 rings (SSSR count). The molecule has 0 bridgehead atoms. The summed E-state index contributed by atoms with van der Waals surface area (Å²) in [6.45, 7) is 8.19. The van der Waals surface area contributed by atoms with Crippen molar-refractivity contribution in [2.75, 3.05) is 16.4 Å². The van der Waals surface area contributed by atoms with Gasteiger partial charge in [-0.3, -0.25) is 18.9 Å². The van der Waals surface area contributed by atoms with Gasteiger partial charge in [-0.2, -0.15) is 5.26 Å². The number of nitriles is 1. The number of hydrogen-bond acceptors (Lipinski definition) is 6. The van der Waals surface area contributed by atoms with E-state index in [2.05, 4.69) is 4.98 Å². The van der Waals surface area contributed by atoms with E-state index in [9.17, 15) is 23.6 Å². The van der Waals surface area contributed by atoms with Gasteiger partial charge in [-0.05, 0) is 69.2 Å². The van der Waals surface area contributed by atoms with Crippen LogP contribution in [0.15, 0.2) is 41.3 Å². The number of thiocarbonyl (C=S) groups is 1. The summed E-state index contributed by atoms with van der Waals surface area (Å²) >= 11 is 5.68. The van der Waals surface area contributed by atoms with Crippen molar-refractivity contribution in [3.63, 3.8) is 0 Å². The number of alkyl halides is 2. The van der Waals surface area contributed by atoms with Crippen LogP contribution in [0.25, 0.3) is 5.65 Å². The highest BCUT2D eigenvalue weighted by atomic mass is 32.1. The summed E-state index contributed by atoms with van der Waals surface area (Å²) < 4.78 is 35.6. The standard InChI is InChI=1S/C27H27F2N5O3S/c1-6-12-37-22-20(7-2)31-21-11-10-18(15-32(21)23(22)35)34-25(38)33(24(36)26(34,3)4)17-9-8-16(14-30)19(13-17)27(5,28)29/h8-11,13,15H,6-7,12H2,1-5H3. The van der Waals surface area contributed by atoms with Crippen molar-refractivity contribution in [2.45, 2.75) is 58.9 Å². The minimum atomic E-state index is -3.30. The molecule has 1 fully saturated rings. The number of halogens is 2. The van der Waals surface area contributed by atoms with Gasteiger partial charge in [0.15, 0.2) is 5.11 Å². The number of benzene rings is 1. The normalized spacial score (nSPS) is 15.3. The van der Waals surface area contributed by atoms with Gasteiger partial charge in [-0.15, -0.1) is 0 Å². The van der Waals surface area contributed by atoms with Crippen LogP contribution in [-0.4, -0.2) is 32.6 Å². The fourth-order valence-electron chi connectivity index (χ4n) is 4.47. The van der Waals surface area contributed by atoms with E-state index in [1.807, 2.05) is 13.8 Å². The van der Waals surface area contributed by atoms with Crippen LogP contribution >= 0.6 is 12.2 Å². The second-order valence-electron chi connectivity index (χ2n) is 9.56. The van der Waals surface area contributed by atoms with Crippen LogP contribution in [0.5, 0.6) is 5.75 Å². The first-order chi connectivity index (χ1) is 17.9. The molecule has 0 unspecified atom stereocenters. The molecule has 1 aliphatic rings. The van der Waals surface area contributed by atoms with Gasteiger partial charge in [0.25, 0.3) is 11.8 Å². The molecule has 1 aliphatic heterocycles. The van der Waals surface area contributed by atoms with Gasteiger partial charge in [-0.25, -0.2) is 13.8 Å². The number of hydrogen-bond donors (Lipinski definition) is 0. The van der Waals surface area contributed by atoms with E-state index in [0.29, 0.717) is 37.0 Å². The van der Waals surface area contributed by atoms with E-state index in [-0.39, 0.29) is 27.7 Å². The molecule has 1 aromatic carbocycles. The predicted molar refractivity (Wildman–Crippen MR) is 144 cm³/mol. The van der Waals surface area contributed by atoms with E-state index < -0.39 is 22.9 Å². The summed E-state index contributed by atoms with van der Waals surface area (Å²) in [7, 11) is 0. The van der Waals surface area contributed by atoms with Gasteiger partial charge in [0.05, 0.1) is 35.3 Å². The van der Waals surface area contributed by atoms with Crippen LogP contribution in [0, 0.1) is 11.3 Å². The van der Waals surface area contributed by atoms with Crippen molar-refractivity contribution in [1.82, 2.24) is 9.38 Å². The Balaban J connectivity index is 1.83. The third-order valence-corrected chi connectivity index (χ3v) is 6.77. The lowest BCUT2D eigenvalue weighted by molar-refractivity contribution is -0.120. The average molecular weight is 540 g/mol. The fourth-order valence-corrected chi connectivity index (χ4v) is 4.99. The molecule has 2 aromatic heterocycles. The summed E-state index contributed by atoms with van der Waals surface area (Å²) in [4.78, 5) is 34.2. The Morgan fingerprint density at radius 3 is 2.45 bits per heavy atom. The number of aryl methyl sites for hydroxylation is 1. The van der Waals surface area contributed by atoms with Crippen molar-refractivity contribution < 1.29 is 18.3 Å². The molecule has 0 atom stereocenters. The molecule has 8 nitrogen and oxygen atoms in total. The maximum atomic E-state index is 14.3. The molecule has 38 heavy (non-hydrogen) atoms. The minimum absolute atomic E-state index is 0.0445. The Labute approximate surface area is 224 Å². The first-order valence-corrected chi connectivity index (χ1v) is 12.6. The third kappa shape index (κ3) is 4.39. The SMILES string of the molecule is CCCOc1c(CC)nc2ccc(N3C(=S)N(c4ccc(C#N)c(C(C)(F)F)c4)C(=O)C3(C)C)cn2c1=O. The molecule has 198 valence electrons. The first kappa shape index (κ1) is 27.1. The van der Waals surface area contributed by atoms with Gasteiger partial charge < -0.3 is 9.64 Å². The zero-order valence-electron chi connectivity index (χ0n) is 21.7. The molecule has 0 aliphatic carbocycles. The zero-order valence-corrected chi connectivity index (χ0v) is 22.5. The van der Waals surface area contributed by atoms with Crippen LogP contribution in [0.1, 0.15) is 57.9 Å². The monoisotopic (exact) mass is 539 g/mol. The number of carbonyl (C=O) groups excluding carboxylic acids is 1. The van der Waals surface area contributed by atoms with Crippen molar-refractivity contribution in [1.29, 1.82) is 5.26 Å². The number of amides is 1. The number of aromatic nitrogens is 2. The van der Waals surface area contributed by atoms with E-state index in [1.165, 1.54) is 27.6 Å². The van der Waals surface area contributed by atoms with Gasteiger partial charge in [-0.1, -0.05) is 13.8 Å². The number of fused-ring (bicyclic) bond motifs is 1. The number of ether oxygens (including phenoxy) is 1. The van der Waals surface area contributed by atoms with Crippen molar-refractivity contribution in [2.24, 2.45) is 0 Å². The lowest BCUT2D eigenvalue weighted by Gasteiger charge is -2.29. The number of anilines is 2. The molecule has 0 spiro atoms.